The van der Waals surface area contributed by atoms with Crippen LogP contribution in [-0.2, 0) is 0 Å². The van der Waals surface area contributed by atoms with E-state index in [1.165, 1.54) is 250 Å². The summed E-state index contributed by atoms with van der Waals surface area (Å²) >= 11 is 0. The molecule has 10 heteroatoms. The molecule has 0 saturated carbocycles. The zero-order chi connectivity index (χ0) is 61.3. The van der Waals surface area contributed by atoms with Gasteiger partial charge in [0.2, 0.25) is 0 Å². The zero-order valence-corrected chi connectivity index (χ0v) is 54.4. The number of carbonyl (C=O) groups excluding carboxylic acids is 2. The van der Waals surface area contributed by atoms with E-state index in [4.69, 9.17) is 18.9 Å². The first-order valence-electron chi connectivity index (χ1n) is 34.9. The number of aryl methyl sites for hydroxylation is 1. The highest BCUT2D eigenvalue weighted by Crippen LogP contribution is 2.29. The summed E-state index contributed by atoms with van der Waals surface area (Å²) in [7, 11) is 0. The van der Waals surface area contributed by atoms with Crippen LogP contribution in [-0.4, -0.2) is 25.2 Å². The number of carbonyl (C=O) groups is 2. The molecule has 0 N–H and O–H groups in total. The fraction of sp³-hybridized carbons (Fsp3) is 0.584. The van der Waals surface area contributed by atoms with Crippen LogP contribution in [0, 0.1) is 6.92 Å². The van der Waals surface area contributed by atoms with Crippen molar-refractivity contribution in [2.24, 2.45) is 20.5 Å². The topological polar surface area (TPSA) is 121 Å². The Morgan fingerprint density at radius 2 is 0.529 bits per heavy atom. The van der Waals surface area contributed by atoms with Crippen molar-refractivity contribution in [2.45, 2.75) is 278 Å². The molecule has 10 nitrogen and oxygen atoms in total. The molecule has 0 aliphatic carbocycles. The molecule has 0 bridgehead atoms. The molecule has 5 aromatic carbocycles. The van der Waals surface area contributed by atoms with E-state index in [1.54, 1.807) is 60.7 Å². The molecule has 0 fully saturated rings. The van der Waals surface area contributed by atoms with Gasteiger partial charge < -0.3 is 18.9 Å². The average molecular weight is 1190 g/mol. The summed E-state index contributed by atoms with van der Waals surface area (Å²) in [4.78, 5) is 26.4. The lowest BCUT2D eigenvalue weighted by Gasteiger charge is -2.10. The Kier molecular flexibility index (Phi) is 39.4. The van der Waals surface area contributed by atoms with Crippen molar-refractivity contribution in [1.29, 1.82) is 0 Å². The summed E-state index contributed by atoms with van der Waals surface area (Å²) in [6.07, 6.45) is 54.9. The number of ether oxygens (including phenoxy) is 4. The first kappa shape index (κ1) is 71.6. The molecule has 0 aromatic heterocycles. The minimum absolute atomic E-state index is 0.242. The first-order valence-corrected chi connectivity index (χ1v) is 34.9. The van der Waals surface area contributed by atoms with Crippen LogP contribution in [0.2, 0.25) is 0 Å². The number of benzene rings is 5. The van der Waals surface area contributed by atoms with Crippen LogP contribution in [0.1, 0.15) is 297 Å². The fourth-order valence-electron chi connectivity index (χ4n) is 11.0. The van der Waals surface area contributed by atoms with Gasteiger partial charge in [-0.15, -0.1) is 0 Å². The van der Waals surface area contributed by atoms with Gasteiger partial charge in [-0.05, 0) is 128 Å². The van der Waals surface area contributed by atoms with E-state index in [2.05, 4.69) is 34.3 Å². The molecule has 0 amide bonds. The van der Waals surface area contributed by atoms with Crippen molar-refractivity contribution in [3.8, 4) is 23.0 Å². The maximum absolute atomic E-state index is 13.2. The molecule has 0 radical (unpaired) electrons. The number of nitrogens with zero attached hydrogens (tertiary/aromatic N) is 4. The van der Waals surface area contributed by atoms with E-state index in [9.17, 15) is 9.59 Å². The third-order valence-corrected chi connectivity index (χ3v) is 16.5. The van der Waals surface area contributed by atoms with E-state index >= 15 is 0 Å². The van der Waals surface area contributed by atoms with Crippen LogP contribution in [0.4, 0.5) is 22.7 Å². The Balaban J connectivity index is 0.869. The number of unbranched alkanes of at least 4 members (excludes halogenated alkanes) is 38. The molecule has 0 spiro atoms. The van der Waals surface area contributed by atoms with E-state index < -0.39 is 11.9 Å². The number of azo groups is 2. The van der Waals surface area contributed by atoms with Crippen LogP contribution in [0.5, 0.6) is 23.0 Å². The standard InChI is InChI=1S/C77H112N4O6/c1-4-6-8-10-12-14-16-18-20-22-24-26-28-30-32-34-36-38-40-42-62-84-72-58-53-70(54-59-72)80-78-68-49-45-66(46-50-68)76(82)86-74-57-44-65(3)75(64-74)87-77(83)67-47-51-69(52-48-67)79-81-71-55-60-73(61-56-71)85-63-43-41-39-37-35-33-31-29-27-25-23-21-19-17-15-13-11-9-7-5-2/h44-61,64H,4-43,62-63H2,1-3H3. The van der Waals surface area contributed by atoms with Gasteiger partial charge in [0.05, 0.1) is 47.1 Å². The Morgan fingerprint density at radius 3 is 0.816 bits per heavy atom. The minimum Gasteiger partial charge on any atom is -0.494 e. The highest BCUT2D eigenvalue weighted by molar-refractivity contribution is 5.92. The largest absolute Gasteiger partial charge is 0.494 e. The predicted octanol–water partition coefficient (Wildman–Crippen LogP) is 25.7. The number of esters is 2. The van der Waals surface area contributed by atoms with Gasteiger partial charge in [-0.2, -0.15) is 20.5 Å². The van der Waals surface area contributed by atoms with Crippen molar-refractivity contribution < 1.29 is 28.5 Å². The van der Waals surface area contributed by atoms with Crippen LogP contribution in [0.3, 0.4) is 0 Å². The Hall–Kier alpha value is -6.16. The second-order valence-electron chi connectivity index (χ2n) is 24.3. The van der Waals surface area contributed by atoms with E-state index in [1.807, 2.05) is 55.5 Å². The SMILES string of the molecule is CCCCCCCCCCCCCCCCCCCCCCOc1ccc(N=Nc2ccc(C(=O)Oc3ccc(C)c(OC(=O)c4ccc(N=Nc5ccc(OCCCCCCCCCCCCCCCCCCCCCC)cc5)cc4)c3)cc2)cc1. The molecule has 5 aromatic rings. The van der Waals surface area contributed by atoms with Crippen LogP contribution >= 0.6 is 0 Å². The second kappa shape index (κ2) is 47.8. The fourth-order valence-corrected chi connectivity index (χ4v) is 11.0. The van der Waals surface area contributed by atoms with Gasteiger partial charge in [0, 0.05) is 6.07 Å². The van der Waals surface area contributed by atoms with Crippen molar-refractivity contribution in [2.75, 3.05) is 13.2 Å². The molecule has 0 aliphatic heterocycles. The van der Waals surface area contributed by atoms with Gasteiger partial charge in [0.1, 0.15) is 23.0 Å². The molecule has 0 aliphatic rings. The zero-order valence-electron chi connectivity index (χ0n) is 54.4. The van der Waals surface area contributed by atoms with Gasteiger partial charge >= 0.3 is 11.9 Å². The summed E-state index contributed by atoms with van der Waals surface area (Å²) in [6.45, 7) is 7.83. The molecular formula is C77H112N4O6. The number of hydrogen-bond donors (Lipinski definition) is 0. The summed E-state index contributed by atoms with van der Waals surface area (Å²) in [6, 6.07) is 33.6. The maximum atomic E-state index is 13.2. The van der Waals surface area contributed by atoms with Crippen molar-refractivity contribution in [3.05, 3.63) is 132 Å². The van der Waals surface area contributed by atoms with Gasteiger partial charge in [0.15, 0.2) is 0 Å². The molecule has 0 atom stereocenters. The smallest absolute Gasteiger partial charge is 0.343 e. The normalized spacial score (nSPS) is 11.5. The molecule has 0 unspecified atom stereocenters. The van der Waals surface area contributed by atoms with Crippen LogP contribution < -0.4 is 18.9 Å². The highest BCUT2D eigenvalue weighted by atomic mass is 16.5. The maximum Gasteiger partial charge on any atom is 0.343 e. The molecular weight excluding hydrogens is 1080 g/mol. The molecule has 5 rings (SSSR count). The molecule has 0 heterocycles. The van der Waals surface area contributed by atoms with E-state index in [0.29, 0.717) is 52.7 Å². The highest BCUT2D eigenvalue weighted by Gasteiger charge is 2.15. The molecule has 87 heavy (non-hydrogen) atoms. The third kappa shape index (κ3) is 34.3. The van der Waals surface area contributed by atoms with Gasteiger partial charge in [-0.25, -0.2) is 9.59 Å². The van der Waals surface area contributed by atoms with Crippen LogP contribution in [0.15, 0.2) is 136 Å². The lowest BCUT2D eigenvalue weighted by molar-refractivity contribution is 0.0731. The molecule has 0 saturated heterocycles. The lowest BCUT2D eigenvalue weighted by atomic mass is 10.0. The van der Waals surface area contributed by atoms with Gasteiger partial charge in [-0.1, -0.05) is 264 Å². The number of rotatable bonds is 52. The minimum atomic E-state index is -0.559. The van der Waals surface area contributed by atoms with Crippen molar-refractivity contribution >= 4 is 34.7 Å². The predicted molar refractivity (Wildman–Crippen MR) is 362 cm³/mol. The number of hydrogen-bond acceptors (Lipinski definition) is 10. The Bertz CT molecular complexity index is 2580. The van der Waals surface area contributed by atoms with Gasteiger partial charge in [-0.3, -0.25) is 0 Å². The summed E-state index contributed by atoms with van der Waals surface area (Å²) < 4.78 is 23.4. The Morgan fingerprint density at radius 1 is 0.287 bits per heavy atom. The first-order chi connectivity index (χ1) is 42.9. The van der Waals surface area contributed by atoms with Gasteiger partial charge in [0.25, 0.3) is 0 Å². The lowest BCUT2D eigenvalue weighted by Crippen LogP contribution is -2.11. The third-order valence-electron chi connectivity index (χ3n) is 16.5. The monoisotopic (exact) mass is 1190 g/mol. The summed E-state index contributed by atoms with van der Waals surface area (Å²) in [5.74, 6) is 1.06. The average Bonchev–Trinajstić information content (AvgIpc) is 3.57. The summed E-state index contributed by atoms with van der Waals surface area (Å²) in [5, 5.41) is 17.5. The molecule has 476 valence electrons. The Labute approximate surface area is 526 Å². The van der Waals surface area contributed by atoms with E-state index in [-0.39, 0.29) is 11.5 Å². The second-order valence-corrected chi connectivity index (χ2v) is 24.3. The van der Waals surface area contributed by atoms with Crippen molar-refractivity contribution in [1.82, 2.24) is 0 Å². The quantitative estimate of drug-likeness (QED) is 0.0165. The van der Waals surface area contributed by atoms with E-state index in [0.717, 1.165) is 24.3 Å². The van der Waals surface area contributed by atoms with Crippen molar-refractivity contribution in [3.63, 3.8) is 0 Å². The summed E-state index contributed by atoms with van der Waals surface area (Å²) in [5.41, 5.74) is 3.97. The van der Waals surface area contributed by atoms with Crippen LogP contribution in [0.25, 0.3) is 0 Å².